The van der Waals surface area contributed by atoms with E-state index in [1.54, 1.807) is 60.5 Å². The molecule has 1 saturated heterocycles. The minimum Gasteiger partial charge on any atom is -0.383 e. The van der Waals surface area contributed by atoms with Crippen molar-refractivity contribution in [2.75, 3.05) is 38.7 Å². The number of benzene rings is 2. The Balaban J connectivity index is 1.63. The van der Waals surface area contributed by atoms with Crippen LogP contribution in [0.2, 0.25) is 0 Å². The lowest BCUT2D eigenvalue weighted by molar-refractivity contribution is -0.126. The number of carbonyl (C=O) groups is 3. The molecule has 0 radical (unpaired) electrons. The number of likely N-dealkylation sites (tertiary alicyclic amines) is 1. The Labute approximate surface area is 176 Å². The van der Waals surface area contributed by atoms with E-state index in [1.807, 2.05) is 6.07 Å². The van der Waals surface area contributed by atoms with Gasteiger partial charge in [-0.2, -0.15) is 0 Å². The first-order valence-electron chi connectivity index (χ1n) is 10.1. The first kappa shape index (κ1) is 21.5. The van der Waals surface area contributed by atoms with Crippen molar-refractivity contribution in [1.29, 1.82) is 0 Å². The second kappa shape index (κ2) is 10.5. The van der Waals surface area contributed by atoms with Crippen LogP contribution < -0.4 is 10.6 Å². The van der Waals surface area contributed by atoms with Gasteiger partial charge in [0.2, 0.25) is 5.91 Å². The Hall–Kier alpha value is -3.19. The fourth-order valence-electron chi connectivity index (χ4n) is 3.50. The van der Waals surface area contributed by atoms with Crippen LogP contribution in [-0.4, -0.2) is 56.0 Å². The highest BCUT2D eigenvalue weighted by atomic mass is 16.5. The summed E-state index contributed by atoms with van der Waals surface area (Å²) < 4.78 is 4.95. The third-order valence-electron chi connectivity index (χ3n) is 5.09. The van der Waals surface area contributed by atoms with E-state index in [0.29, 0.717) is 43.1 Å². The molecule has 1 aliphatic heterocycles. The van der Waals surface area contributed by atoms with Crippen molar-refractivity contribution in [1.82, 2.24) is 10.2 Å². The van der Waals surface area contributed by atoms with Gasteiger partial charge >= 0.3 is 0 Å². The number of carbonyl (C=O) groups excluding carboxylic acids is 3. The summed E-state index contributed by atoms with van der Waals surface area (Å²) in [6.07, 6.45) is 1.54. The standard InChI is InChI=1S/C23H27N3O4/c1-30-14-12-24-21(27)19-10-6-13-26(16-19)23(29)18-9-5-11-20(15-18)25-22(28)17-7-3-2-4-8-17/h2-5,7-9,11,15,19H,6,10,12-14,16H2,1H3,(H,24,27)(H,25,28). The number of piperidine rings is 1. The van der Waals surface area contributed by atoms with Crippen molar-refractivity contribution >= 4 is 23.4 Å². The lowest BCUT2D eigenvalue weighted by Crippen LogP contribution is -2.45. The molecular formula is C23H27N3O4. The Morgan fingerprint density at radius 2 is 1.83 bits per heavy atom. The smallest absolute Gasteiger partial charge is 0.255 e. The Morgan fingerprint density at radius 3 is 2.60 bits per heavy atom. The molecule has 1 aliphatic rings. The zero-order valence-corrected chi connectivity index (χ0v) is 17.1. The molecule has 0 aromatic heterocycles. The predicted octanol–water partition coefficient (Wildman–Crippen LogP) is 2.55. The second-order valence-electron chi connectivity index (χ2n) is 7.28. The topological polar surface area (TPSA) is 87.7 Å². The van der Waals surface area contributed by atoms with E-state index >= 15 is 0 Å². The Bertz CT molecular complexity index is 885. The van der Waals surface area contributed by atoms with Gasteiger partial charge in [-0.3, -0.25) is 14.4 Å². The molecule has 158 valence electrons. The van der Waals surface area contributed by atoms with Crippen LogP contribution in [0.25, 0.3) is 0 Å². The number of hydrogen-bond acceptors (Lipinski definition) is 4. The number of hydrogen-bond donors (Lipinski definition) is 2. The summed E-state index contributed by atoms with van der Waals surface area (Å²) in [4.78, 5) is 39.4. The van der Waals surface area contributed by atoms with Crippen molar-refractivity contribution in [3.63, 3.8) is 0 Å². The number of methoxy groups -OCH3 is 1. The molecule has 2 aromatic carbocycles. The van der Waals surface area contributed by atoms with Gasteiger partial charge in [0.05, 0.1) is 12.5 Å². The number of nitrogens with zero attached hydrogens (tertiary/aromatic N) is 1. The predicted molar refractivity (Wildman–Crippen MR) is 114 cm³/mol. The molecule has 30 heavy (non-hydrogen) atoms. The SMILES string of the molecule is COCCNC(=O)C1CCCN(C(=O)c2cccc(NC(=O)c3ccccc3)c2)C1. The molecule has 0 aliphatic carbocycles. The molecule has 2 aromatic rings. The number of rotatable bonds is 7. The first-order valence-corrected chi connectivity index (χ1v) is 10.1. The molecular weight excluding hydrogens is 382 g/mol. The minimum absolute atomic E-state index is 0.0478. The summed E-state index contributed by atoms with van der Waals surface area (Å²) in [5.74, 6) is -0.639. The van der Waals surface area contributed by atoms with E-state index in [0.717, 1.165) is 12.8 Å². The van der Waals surface area contributed by atoms with Crippen LogP contribution in [0.15, 0.2) is 54.6 Å². The third-order valence-corrected chi connectivity index (χ3v) is 5.09. The van der Waals surface area contributed by atoms with Crippen LogP contribution in [0.4, 0.5) is 5.69 Å². The van der Waals surface area contributed by atoms with Crippen molar-refractivity contribution in [3.8, 4) is 0 Å². The van der Waals surface area contributed by atoms with Gasteiger partial charge in [0, 0.05) is 43.6 Å². The highest BCUT2D eigenvalue weighted by Crippen LogP contribution is 2.20. The molecule has 1 fully saturated rings. The normalized spacial score (nSPS) is 16.0. The maximum Gasteiger partial charge on any atom is 0.255 e. The average molecular weight is 409 g/mol. The van der Waals surface area contributed by atoms with E-state index in [9.17, 15) is 14.4 Å². The molecule has 1 unspecified atom stereocenters. The summed E-state index contributed by atoms with van der Waals surface area (Å²) in [6, 6.07) is 15.8. The summed E-state index contributed by atoms with van der Waals surface area (Å²) in [5.41, 5.74) is 1.59. The van der Waals surface area contributed by atoms with Crippen LogP contribution in [-0.2, 0) is 9.53 Å². The number of ether oxygens (including phenoxy) is 1. The quantitative estimate of drug-likeness (QED) is 0.688. The largest absolute Gasteiger partial charge is 0.383 e. The molecule has 7 nitrogen and oxygen atoms in total. The molecule has 1 heterocycles. The van der Waals surface area contributed by atoms with Crippen LogP contribution in [0.1, 0.15) is 33.6 Å². The van der Waals surface area contributed by atoms with Crippen LogP contribution >= 0.6 is 0 Å². The van der Waals surface area contributed by atoms with E-state index in [4.69, 9.17) is 4.74 Å². The van der Waals surface area contributed by atoms with Gasteiger partial charge in [0.25, 0.3) is 11.8 Å². The first-order chi connectivity index (χ1) is 14.6. The van der Waals surface area contributed by atoms with Crippen molar-refractivity contribution < 1.29 is 19.1 Å². The number of nitrogens with one attached hydrogen (secondary N) is 2. The summed E-state index contributed by atoms with van der Waals surface area (Å²) >= 11 is 0. The highest BCUT2D eigenvalue weighted by molar-refractivity contribution is 6.05. The Morgan fingerprint density at radius 1 is 1.07 bits per heavy atom. The van der Waals surface area contributed by atoms with Gasteiger partial charge in [-0.1, -0.05) is 24.3 Å². The molecule has 0 saturated carbocycles. The summed E-state index contributed by atoms with van der Waals surface area (Å²) in [5, 5.41) is 5.68. The van der Waals surface area contributed by atoms with Gasteiger partial charge in [-0.25, -0.2) is 0 Å². The molecule has 3 rings (SSSR count). The van der Waals surface area contributed by atoms with Gasteiger partial charge in [0.15, 0.2) is 0 Å². The zero-order valence-electron chi connectivity index (χ0n) is 17.1. The number of amides is 3. The lowest BCUT2D eigenvalue weighted by atomic mass is 9.96. The van der Waals surface area contributed by atoms with E-state index in [-0.39, 0.29) is 23.6 Å². The zero-order chi connectivity index (χ0) is 21.3. The Kier molecular flexibility index (Phi) is 7.57. The molecule has 3 amide bonds. The lowest BCUT2D eigenvalue weighted by Gasteiger charge is -2.32. The van der Waals surface area contributed by atoms with Crippen molar-refractivity contribution in [2.24, 2.45) is 5.92 Å². The van der Waals surface area contributed by atoms with Crippen LogP contribution in [0.3, 0.4) is 0 Å². The van der Waals surface area contributed by atoms with Crippen LogP contribution in [0, 0.1) is 5.92 Å². The second-order valence-corrected chi connectivity index (χ2v) is 7.28. The monoisotopic (exact) mass is 409 g/mol. The third kappa shape index (κ3) is 5.67. The highest BCUT2D eigenvalue weighted by Gasteiger charge is 2.28. The average Bonchev–Trinajstić information content (AvgIpc) is 2.79. The van der Waals surface area contributed by atoms with Gasteiger partial charge < -0.3 is 20.3 Å². The summed E-state index contributed by atoms with van der Waals surface area (Å²) in [6.45, 7) is 1.92. The van der Waals surface area contributed by atoms with E-state index < -0.39 is 0 Å². The molecule has 0 bridgehead atoms. The summed E-state index contributed by atoms with van der Waals surface area (Å²) in [7, 11) is 1.59. The fourth-order valence-corrected chi connectivity index (χ4v) is 3.50. The van der Waals surface area contributed by atoms with Gasteiger partial charge in [-0.15, -0.1) is 0 Å². The van der Waals surface area contributed by atoms with E-state index in [1.165, 1.54) is 0 Å². The minimum atomic E-state index is -0.231. The fraction of sp³-hybridized carbons (Fsp3) is 0.348. The molecule has 1 atom stereocenters. The maximum absolute atomic E-state index is 13.0. The molecule has 7 heteroatoms. The van der Waals surface area contributed by atoms with Gasteiger partial charge in [0.1, 0.15) is 0 Å². The van der Waals surface area contributed by atoms with Crippen molar-refractivity contribution in [3.05, 3.63) is 65.7 Å². The maximum atomic E-state index is 13.0. The van der Waals surface area contributed by atoms with Crippen LogP contribution in [0.5, 0.6) is 0 Å². The van der Waals surface area contributed by atoms with Gasteiger partial charge in [-0.05, 0) is 43.2 Å². The van der Waals surface area contributed by atoms with E-state index in [2.05, 4.69) is 10.6 Å². The molecule has 2 N–H and O–H groups in total. The molecule has 0 spiro atoms. The van der Waals surface area contributed by atoms with Crippen molar-refractivity contribution in [2.45, 2.75) is 12.8 Å². The number of anilines is 1.